The lowest BCUT2D eigenvalue weighted by Crippen LogP contribution is -2.43. The van der Waals surface area contributed by atoms with Crippen LogP contribution in [-0.4, -0.2) is 35.7 Å². The van der Waals surface area contributed by atoms with Crippen molar-refractivity contribution in [1.29, 1.82) is 0 Å². The van der Waals surface area contributed by atoms with Gasteiger partial charge < -0.3 is 16.4 Å². The number of nitrogens with zero attached hydrogens (tertiary/aromatic N) is 1. The minimum atomic E-state index is -0.784. The van der Waals surface area contributed by atoms with Gasteiger partial charge in [0.05, 0.1) is 5.56 Å². The van der Waals surface area contributed by atoms with Crippen LogP contribution >= 0.6 is 15.9 Å². The summed E-state index contributed by atoms with van der Waals surface area (Å²) in [5, 5.41) is 0. The maximum Gasteiger partial charge on any atom is 0.255 e. The molecule has 6 nitrogen and oxygen atoms in total. The van der Waals surface area contributed by atoms with E-state index in [1.165, 1.54) is 6.07 Å². The van der Waals surface area contributed by atoms with E-state index in [-0.39, 0.29) is 10.0 Å². The third-order valence-corrected chi connectivity index (χ3v) is 2.80. The predicted molar refractivity (Wildman–Crippen MR) is 68.4 cm³/mol. The lowest BCUT2D eigenvalue weighted by atomic mass is 10.2. The quantitative estimate of drug-likeness (QED) is 0.792. The van der Waals surface area contributed by atoms with Gasteiger partial charge >= 0.3 is 0 Å². The van der Waals surface area contributed by atoms with Crippen LogP contribution in [-0.2, 0) is 9.59 Å². The number of carbonyl (C=O) groups is 3. The molecule has 0 unspecified atom stereocenters. The van der Waals surface area contributed by atoms with Crippen LogP contribution in [0.4, 0.5) is 4.39 Å². The van der Waals surface area contributed by atoms with E-state index < -0.39 is 36.6 Å². The summed E-state index contributed by atoms with van der Waals surface area (Å²) in [6, 6.07) is 3.42. The molecule has 1 rings (SSSR count). The van der Waals surface area contributed by atoms with Crippen molar-refractivity contribution in [2.24, 2.45) is 11.5 Å². The van der Waals surface area contributed by atoms with Crippen LogP contribution in [0.25, 0.3) is 0 Å². The molecule has 1 aromatic carbocycles. The van der Waals surface area contributed by atoms with Crippen LogP contribution in [0.2, 0.25) is 0 Å². The molecule has 0 aliphatic rings. The number of primary amides is 2. The van der Waals surface area contributed by atoms with Crippen LogP contribution in [0.15, 0.2) is 22.7 Å². The third-order valence-electron chi connectivity index (χ3n) is 2.14. The highest BCUT2D eigenvalue weighted by Gasteiger charge is 2.21. The first-order chi connectivity index (χ1) is 8.81. The average molecular weight is 332 g/mol. The van der Waals surface area contributed by atoms with E-state index in [1.807, 2.05) is 0 Å². The van der Waals surface area contributed by atoms with E-state index in [2.05, 4.69) is 15.9 Å². The Labute approximate surface area is 116 Å². The first kappa shape index (κ1) is 15.1. The lowest BCUT2D eigenvalue weighted by molar-refractivity contribution is -0.121. The van der Waals surface area contributed by atoms with Crippen molar-refractivity contribution in [2.45, 2.75) is 0 Å². The lowest BCUT2D eigenvalue weighted by Gasteiger charge is -2.20. The van der Waals surface area contributed by atoms with Gasteiger partial charge in [-0.15, -0.1) is 0 Å². The highest BCUT2D eigenvalue weighted by Crippen LogP contribution is 2.19. The molecule has 0 saturated heterocycles. The molecule has 0 fully saturated rings. The molecule has 4 N–H and O–H groups in total. The maximum absolute atomic E-state index is 12.9. The second-order valence-electron chi connectivity index (χ2n) is 3.72. The number of halogens is 2. The molecule has 3 amide bonds. The molecule has 0 saturated carbocycles. The minimum Gasteiger partial charge on any atom is -0.368 e. The van der Waals surface area contributed by atoms with Crippen LogP contribution in [0, 0.1) is 5.82 Å². The van der Waals surface area contributed by atoms with Gasteiger partial charge in [0.1, 0.15) is 18.9 Å². The number of benzene rings is 1. The topological polar surface area (TPSA) is 106 Å². The summed E-state index contributed by atoms with van der Waals surface area (Å²) in [6.45, 7) is -0.906. The summed E-state index contributed by atoms with van der Waals surface area (Å²) < 4.78 is 13.1. The Balaban J connectivity index is 3.04. The van der Waals surface area contributed by atoms with Crippen molar-refractivity contribution in [1.82, 2.24) is 4.90 Å². The van der Waals surface area contributed by atoms with Gasteiger partial charge in [0.25, 0.3) is 5.91 Å². The molecule has 0 heterocycles. The molecule has 0 aliphatic carbocycles. The molecule has 0 spiro atoms. The number of rotatable bonds is 5. The van der Waals surface area contributed by atoms with Gasteiger partial charge in [-0.2, -0.15) is 0 Å². The Kier molecular flexibility index (Phi) is 4.99. The van der Waals surface area contributed by atoms with E-state index in [0.717, 1.165) is 17.0 Å². The van der Waals surface area contributed by atoms with Crippen molar-refractivity contribution >= 4 is 33.7 Å². The zero-order valence-corrected chi connectivity index (χ0v) is 11.3. The molecule has 0 bridgehead atoms. The summed E-state index contributed by atoms with van der Waals surface area (Å²) in [6.07, 6.45) is 0. The standard InChI is InChI=1S/C11H11BrFN3O3/c12-8-3-6(13)1-2-7(8)11(19)16(4-9(14)17)5-10(15)18/h1-3H,4-5H2,(H2,14,17)(H2,15,18). The summed E-state index contributed by atoms with van der Waals surface area (Å²) in [4.78, 5) is 34.7. The fourth-order valence-electron chi connectivity index (χ4n) is 1.41. The zero-order valence-electron chi connectivity index (χ0n) is 9.73. The molecular weight excluding hydrogens is 321 g/mol. The minimum absolute atomic E-state index is 0.101. The van der Waals surface area contributed by atoms with Gasteiger partial charge in [-0.1, -0.05) is 0 Å². The summed E-state index contributed by atoms with van der Waals surface area (Å²) in [5.74, 6) is -2.75. The van der Waals surface area contributed by atoms with Gasteiger partial charge in [-0.3, -0.25) is 14.4 Å². The van der Waals surface area contributed by atoms with Crippen LogP contribution in [0.1, 0.15) is 10.4 Å². The molecule has 0 atom stereocenters. The van der Waals surface area contributed by atoms with Crippen LogP contribution in [0.5, 0.6) is 0 Å². The van der Waals surface area contributed by atoms with Gasteiger partial charge in [-0.05, 0) is 34.1 Å². The fourth-order valence-corrected chi connectivity index (χ4v) is 1.93. The zero-order chi connectivity index (χ0) is 14.6. The molecule has 102 valence electrons. The molecule has 8 heteroatoms. The summed E-state index contributed by atoms with van der Waals surface area (Å²) in [7, 11) is 0. The third kappa shape index (κ3) is 4.32. The Morgan fingerprint density at radius 1 is 1.16 bits per heavy atom. The monoisotopic (exact) mass is 331 g/mol. The summed E-state index contributed by atoms with van der Waals surface area (Å²) >= 11 is 3.03. The second kappa shape index (κ2) is 6.28. The van der Waals surface area contributed by atoms with Gasteiger partial charge in [0.15, 0.2) is 0 Å². The Bertz CT molecular complexity index is 520. The molecule has 19 heavy (non-hydrogen) atoms. The molecular formula is C11H11BrFN3O3. The second-order valence-corrected chi connectivity index (χ2v) is 4.57. The number of nitrogens with two attached hydrogens (primary N) is 2. The first-order valence-corrected chi connectivity index (χ1v) is 5.91. The van der Waals surface area contributed by atoms with Gasteiger partial charge in [-0.25, -0.2) is 4.39 Å². The Morgan fingerprint density at radius 3 is 2.11 bits per heavy atom. The van der Waals surface area contributed by atoms with Crippen molar-refractivity contribution in [3.8, 4) is 0 Å². The van der Waals surface area contributed by atoms with E-state index in [9.17, 15) is 18.8 Å². The number of hydrogen-bond acceptors (Lipinski definition) is 3. The van der Waals surface area contributed by atoms with Crippen LogP contribution < -0.4 is 11.5 Å². The highest BCUT2D eigenvalue weighted by atomic mass is 79.9. The number of hydrogen-bond donors (Lipinski definition) is 2. The molecule has 1 aromatic rings. The normalized spacial score (nSPS) is 10.0. The van der Waals surface area contributed by atoms with Crippen molar-refractivity contribution < 1.29 is 18.8 Å². The largest absolute Gasteiger partial charge is 0.368 e. The van der Waals surface area contributed by atoms with Crippen molar-refractivity contribution in [2.75, 3.05) is 13.1 Å². The summed E-state index contributed by atoms with van der Waals surface area (Å²) in [5.41, 5.74) is 10.1. The fraction of sp³-hybridized carbons (Fsp3) is 0.182. The van der Waals surface area contributed by atoms with E-state index in [0.29, 0.717) is 0 Å². The number of carbonyl (C=O) groups excluding carboxylic acids is 3. The Morgan fingerprint density at radius 2 is 1.68 bits per heavy atom. The van der Waals surface area contributed by atoms with Crippen molar-refractivity contribution in [3.05, 3.63) is 34.1 Å². The van der Waals surface area contributed by atoms with E-state index in [4.69, 9.17) is 11.5 Å². The molecule has 0 aromatic heterocycles. The number of amides is 3. The smallest absolute Gasteiger partial charge is 0.255 e. The molecule has 0 aliphatic heterocycles. The van der Waals surface area contributed by atoms with Crippen LogP contribution in [0.3, 0.4) is 0 Å². The highest BCUT2D eigenvalue weighted by molar-refractivity contribution is 9.10. The van der Waals surface area contributed by atoms with Crippen molar-refractivity contribution in [3.63, 3.8) is 0 Å². The first-order valence-electron chi connectivity index (χ1n) is 5.12. The maximum atomic E-state index is 12.9. The molecule has 0 radical (unpaired) electrons. The predicted octanol–water partition coefficient (Wildman–Crippen LogP) is 0.001000. The van der Waals surface area contributed by atoms with E-state index in [1.54, 1.807) is 0 Å². The van der Waals surface area contributed by atoms with Gasteiger partial charge in [0.2, 0.25) is 11.8 Å². The SMILES string of the molecule is NC(=O)CN(CC(N)=O)C(=O)c1ccc(F)cc1Br. The Hall–Kier alpha value is -1.96. The average Bonchev–Trinajstić information content (AvgIpc) is 2.26. The van der Waals surface area contributed by atoms with E-state index >= 15 is 0 Å². The van der Waals surface area contributed by atoms with Gasteiger partial charge in [0, 0.05) is 4.47 Å².